The molecule has 1 aromatic rings. The van der Waals surface area contributed by atoms with E-state index >= 15 is 0 Å². The van der Waals surface area contributed by atoms with E-state index in [0.29, 0.717) is 26.3 Å². The maximum atomic E-state index is 12.1. The molecule has 4 nitrogen and oxygen atoms in total. The highest BCUT2D eigenvalue weighted by Crippen LogP contribution is 2.26. The second-order valence-corrected chi connectivity index (χ2v) is 4.46. The molecule has 1 aliphatic heterocycles. The molecule has 0 radical (unpaired) electrons. The Balaban J connectivity index is 2.06. The third kappa shape index (κ3) is 4.09. The summed E-state index contributed by atoms with van der Waals surface area (Å²) < 4.78 is 45.3. The Morgan fingerprint density at radius 2 is 1.80 bits per heavy atom. The van der Waals surface area contributed by atoms with E-state index < -0.39 is 6.36 Å². The second-order valence-electron chi connectivity index (χ2n) is 4.46. The molecule has 20 heavy (non-hydrogen) atoms. The van der Waals surface area contributed by atoms with Gasteiger partial charge >= 0.3 is 6.36 Å². The molecule has 1 aliphatic rings. The number of morpholine rings is 1. The monoisotopic (exact) mass is 291 g/mol. The summed E-state index contributed by atoms with van der Waals surface area (Å²) >= 11 is 0. The third-order valence-electron chi connectivity index (χ3n) is 3.16. The van der Waals surface area contributed by atoms with Crippen LogP contribution in [0.3, 0.4) is 0 Å². The molecule has 1 saturated heterocycles. The Bertz CT molecular complexity index is 416. The standard InChI is InChI=1S/C13H16F3NO3/c14-13(15,16)20-11-3-1-10(2-4-11)12(9-18)17-5-7-19-8-6-17/h1-4,12,18H,5-9H2. The van der Waals surface area contributed by atoms with Gasteiger partial charge in [0.05, 0.1) is 25.9 Å². The zero-order chi connectivity index (χ0) is 14.6. The predicted octanol–water partition coefficient (Wildman–Crippen LogP) is 1.95. The van der Waals surface area contributed by atoms with Crippen LogP contribution in [-0.4, -0.2) is 49.3 Å². The van der Waals surface area contributed by atoms with E-state index in [2.05, 4.69) is 4.74 Å². The van der Waals surface area contributed by atoms with E-state index in [4.69, 9.17) is 4.74 Å². The lowest BCUT2D eigenvalue weighted by molar-refractivity contribution is -0.274. The van der Waals surface area contributed by atoms with Gasteiger partial charge in [0.1, 0.15) is 5.75 Å². The van der Waals surface area contributed by atoms with Crippen LogP contribution in [0, 0.1) is 0 Å². The van der Waals surface area contributed by atoms with E-state index in [9.17, 15) is 18.3 Å². The van der Waals surface area contributed by atoms with Crippen LogP contribution in [0.25, 0.3) is 0 Å². The number of ether oxygens (including phenoxy) is 2. The van der Waals surface area contributed by atoms with Gasteiger partial charge in [0.25, 0.3) is 0 Å². The number of benzene rings is 1. The molecule has 1 aromatic carbocycles. The lowest BCUT2D eigenvalue weighted by atomic mass is 10.1. The summed E-state index contributed by atoms with van der Waals surface area (Å²) in [6, 6.07) is 5.35. The first-order chi connectivity index (χ1) is 9.49. The lowest BCUT2D eigenvalue weighted by Gasteiger charge is -2.33. The Kier molecular flexibility index (Phi) is 4.85. The average molecular weight is 291 g/mol. The van der Waals surface area contributed by atoms with Crippen molar-refractivity contribution in [3.8, 4) is 5.75 Å². The van der Waals surface area contributed by atoms with E-state index in [1.165, 1.54) is 24.3 Å². The van der Waals surface area contributed by atoms with Crippen LogP contribution in [0.15, 0.2) is 24.3 Å². The zero-order valence-corrected chi connectivity index (χ0v) is 10.8. The molecular weight excluding hydrogens is 275 g/mol. The number of rotatable bonds is 4. The molecule has 7 heteroatoms. The van der Waals surface area contributed by atoms with E-state index in [-0.39, 0.29) is 18.4 Å². The zero-order valence-electron chi connectivity index (χ0n) is 10.8. The van der Waals surface area contributed by atoms with Crippen LogP contribution in [-0.2, 0) is 4.74 Å². The van der Waals surface area contributed by atoms with Crippen LogP contribution < -0.4 is 4.74 Å². The molecule has 1 unspecified atom stereocenters. The van der Waals surface area contributed by atoms with Gasteiger partial charge in [-0.25, -0.2) is 0 Å². The minimum atomic E-state index is -4.69. The summed E-state index contributed by atoms with van der Waals surface area (Å²) in [6.45, 7) is 2.45. The summed E-state index contributed by atoms with van der Waals surface area (Å²) in [5.41, 5.74) is 0.754. The first kappa shape index (κ1) is 15.1. The van der Waals surface area contributed by atoms with E-state index in [1.807, 2.05) is 4.90 Å². The highest BCUT2D eigenvalue weighted by Gasteiger charge is 2.31. The van der Waals surface area contributed by atoms with E-state index in [0.717, 1.165) is 5.56 Å². The van der Waals surface area contributed by atoms with Crippen molar-refractivity contribution in [2.75, 3.05) is 32.9 Å². The average Bonchev–Trinajstić information content (AvgIpc) is 2.41. The van der Waals surface area contributed by atoms with Crippen LogP contribution >= 0.6 is 0 Å². The number of hydrogen-bond acceptors (Lipinski definition) is 4. The van der Waals surface area contributed by atoms with Gasteiger partial charge in [-0.1, -0.05) is 12.1 Å². The van der Waals surface area contributed by atoms with Gasteiger partial charge in [0, 0.05) is 13.1 Å². The molecule has 1 heterocycles. The summed E-state index contributed by atoms with van der Waals surface area (Å²) in [7, 11) is 0. The van der Waals surface area contributed by atoms with Crippen molar-refractivity contribution in [3.05, 3.63) is 29.8 Å². The predicted molar refractivity (Wildman–Crippen MR) is 65.3 cm³/mol. The molecule has 0 amide bonds. The Labute approximate surface area is 114 Å². The van der Waals surface area contributed by atoms with Crippen molar-refractivity contribution < 1.29 is 27.8 Å². The molecule has 0 bridgehead atoms. The van der Waals surface area contributed by atoms with Crippen molar-refractivity contribution in [1.82, 2.24) is 4.90 Å². The molecule has 0 spiro atoms. The number of halogens is 3. The molecular formula is C13H16F3NO3. The van der Waals surface area contributed by atoms with Crippen molar-refractivity contribution in [1.29, 1.82) is 0 Å². The van der Waals surface area contributed by atoms with Gasteiger partial charge in [-0.3, -0.25) is 4.90 Å². The normalized spacial score (nSPS) is 18.8. The number of aliphatic hydroxyl groups is 1. The molecule has 2 rings (SSSR count). The molecule has 112 valence electrons. The molecule has 0 saturated carbocycles. The molecule has 1 N–H and O–H groups in total. The topological polar surface area (TPSA) is 41.9 Å². The van der Waals surface area contributed by atoms with Crippen molar-refractivity contribution in [2.45, 2.75) is 12.4 Å². The molecule has 1 atom stereocenters. The summed E-state index contributed by atoms with van der Waals surface area (Å²) in [6.07, 6.45) is -4.69. The second kappa shape index (κ2) is 6.43. The highest BCUT2D eigenvalue weighted by atomic mass is 19.4. The Morgan fingerprint density at radius 1 is 1.20 bits per heavy atom. The maximum absolute atomic E-state index is 12.1. The summed E-state index contributed by atoms with van der Waals surface area (Å²) in [5.74, 6) is -0.264. The quantitative estimate of drug-likeness (QED) is 0.920. The smallest absolute Gasteiger partial charge is 0.406 e. The summed E-state index contributed by atoms with van der Waals surface area (Å²) in [5, 5.41) is 9.49. The number of alkyl halides is 3. The van der Waals surface area contributed by atoms with E-state index in [1.54, 1.807) is 0 Å². The third-order valence-corrected chi connectivity index (χ3v) is 3.16. The fourth-order valence-electron chi connectivity index (χ4n) is 2.21. The van der Waals surface area contributed by atoms with Crippen molar-refractivity contribution in [2.24, 2.45) is 0 Å². The van der Waals surface area contributed by atoms with Gasteiger partial charge in [-0.05, 0) is 17.7 Å². The van der Waals surface area contributed by atoms with Crippen molar-refractivity contribution in [3.63, 3.8) is 0 Å². The van der Waals surface area contributed by atoms with Gasteiger partial charge < -0.3 is 14.6 Å². The largest absolute Gasteiger partial charge is 0.573 e. The van der Waals surface area contributed by atoms with Gasteiger partial charge in [-0.2, -0.15) is 0 Å². The number of hydrogen-bond donors (Lipinski definition) is 1. The number of nitrogens with zero attached hydrogens (tertiary/aromatic N) is 1. The first-order valence-corrected chi connectivity index (χ1v) is 6.28. The maximum Gasteiger partial charge on any atom is 0.573 e. The van der Waals surface area contributed by atoms with Crippen LogP contribution in [0.4, 0.5) is 13.2 Å². The number of aliphatic hydroxyl groups excluding tert-OH is 1. The van der Waals surface area contributed by atoms with Gasteiger partial charge in [0.2, 0.25) is 0 Å². The SMILES string of the molecule is OCC(c1ccc(OC(F)(F)F)cc1)N1CCOCC1. The minimum Gasteiger partial charge on any atom is -0.406 e. The Morgan fingerprint density at radius 3 is 2.30 bits per heavy atom. The van der Waals surface area contributed by atoms with Crippen LogP contribution in [0.5, 0.6) is 5.75 Å². The molecule has 0 aliphatic carbocycles. The van der Waals surface area contributed by atoms with Gasteiger partial charge in [-0.15, -0.1) is 13.2 Å². The van der Waals surface area contributed by atoms with Crippen molar-refractivity contribution >= 4 is 0 Å². The minimum absolute atomic E-state index is 0.0977. The Hall–Kier alpha value is -1.31. The highest BCUT2D eigenvalue weighted by molar-refractivity contribution is 5.29. The van der Waals surface area contributed by atoms with Crippen LogP contribution in [0.1, 0.15) is 11.6 Å². The molecule has 0 aromatic heterocycles. The van der Waals surface area contributed by atoms with Gasteiger partial charge in [0.15, 0.2) is 0 Å². The first-order valence-electron chi connectivity index (χ1n) is 6.28. The fourth-order valence-corrected chi connectivity index (χ4v) is 2.21. The molecule has 1 fully saturated rings. The summed E-state index contributed by atoms with van der Waals surface area (Å²) in [4.78, 5) is 2.04. The lowest BCUT2D eigenvalue weighted by Crippen LogP contribution is -2.40. The fraction of sp³-hybridized carbons (Fsp3) is 0.538. The van der Waals surface area contributed by atoms with Crippen LogP contribution in [0.2, 0.25) is 0 Å².